The molecule has 0 aliphatic carbocycles. The van der Waals surface area contributed by atoms with Gasteiger partial charge in [-0.25, -0.2) is 4.79 Å². The molecule has 0 aliphatic rings. The Kier molecular flexibility index (Phi) is 4.88. The molecular formula is C19H18N4O3. The second kappa shape index (κ2) is 7.26. The number of hydrogen-bond acceptors (Lipinski definition) is 6. The molecule has 0 bridgehead atoms. The van der Waals surface area contributed by atoms with Crippen molar-refractivity contribution in [3.05, 3.63) is 71.0 Å². The van der Waals surface area contributed by atoms with Crippen molar-refractivity contribution >= 4 is 11.8 Å². The zero-order valence-corrected chi connectivity index (χ0v) is 14.7. The molecule has 0 radical (unpaired) electrons. The van der Waals surface area contributed by atoms with Crippen molar-refractivity contribution in [3.63, 3.8) is 0 Å². The van der Waals surface area contributed by atoms with Crippen molar-refractivity contribution < 1.29 is 14.3 Å². The number of ketones is 1. The van der Waals surface area contributed by atoms with E-state index in [1.807, 2.05) is 19.9 Å². The minimum atomic E-state index is -0.911. The standard InChI is InChI=1S/C19H18N4O3/c1-12-8-9-15(10-13(12)2)18(24)14(3)26-19(25)16-6-4-5-7-17(16)23-11-20-21-22-23/h4-11,14H,1-3H3/t14-/m0/s1. The van der Waals surface area contributed by atoms with E-state index >= 15 is 0 Å². The van der Waals surface area contributed by atoms with E-state index in [0.717, 1.165) is 11.1 Å². The van der Waals surface area contributed by atoms with Crippen LogP contribution in [0.15, 0.2) is 48.8 Å². The summed E-state index contributed by atoms with van der Waals surface area (Å²) in [5, 5.41) is 10.9. The predicted octanol–water partition coefficient (Wildman–Crippen LogP) is 2.71. The summed E-state index contributed by atoms with van der Waals surface area (Å²) in [6.07, 6.45) is 0.474. The van der Waals surface area contributed by atoms with Gasteiger partial charge in [0.2, 0.25) is 5.78 Å². The van der Waals surface area contributed by atoms with E-state index in [4.69, 9.17) is 4.74 Å². The summed E-state index contributed by atoms with van der Waals surface area (Å²) < 4.78 is 6.76. The van der Waals surface area contributed by atoms with E-state index in [1.165, 1.54) is 11.0 Å². The Hall–Kier alpha value is -3.35. The molecule has 3 rings (SSSR count). The Morgan fingerprint density at radius 3 is 2.54 bits per heavy atom. The van der Waals surface area contributed by atoms with Gasteiger partial charge in [-0.1, -0.05) is 24.3 Å². The van der Waals surface area contributed by atoms with Crippen LogP contribution in [0.25, 0.3) is 5.69 Å². The quantitative estimate of drug-likeness (QED) is 0.519. The average Bonchev–Trinajstić information content (AvgIpc) is 3.18. The monoisotopic (exact) mass is 350 g/mol. The minimum absolute atomic E-state index is 0.249. The van der Waals surface area contributed by atoms with E-state index in [2.05, 4.69) is 15.5 Å². The van der Waals surface area contributed by atoms with E-state index < -0.39 is 12.1 Å². The Balaban J connectivity index is 1.80. The molecule has 1 atom stereocenters. The highest BCUT2D eigenvalue weighted by molar-refractivity contribution is 6.02. The topological polar surface area (TPSA) is 87.0 Å². The summed E-state index contributed by atoms with van der Waals surface area (Å²) in [5.41, 5.74) is 3.38. The van der Waals surface area contributed by atoms with E-state index in [1.54, 1.807) is 43.3 Å². The molecular weight excluding hydrogens is 332 g/mol. The van der Waals surface area contributed by atoms with Gasteiger partial charge in [0.25, 0.3) is 0 Å². The fourth-order valence-corrected chi connectivity index (χ4v) is 2.52. The number of benzene rings is 2. The number of tetrazole rings is 1. The number of hydrogen-bond donors (Lipinski definition) is 0. The number of ether oxygens (including phenoxy) is 1. The average molecular weight is 350 g/mol. The first-order valence-electron chi connectivity index (χ1n) is 8.12. The van der Waals surface area contributed by atoms with Crippen molar-refractivity contribution in [2.24, 2.45) is 0 Å². The number of Topliss-reactive ketones (excluding diaryl/α,β-unsaturated/α-hetero) is 1. The fourth-order valence-electron chi connectivity index (χ4n) is 2.52. The van der Waals surface area contributed by atoms with Gasteiger partial charge in [-0.3, -0.25) is 4.79 Å². The van der Waals surface area contributed by atoms with Crippen molar-refractivity contribution in [2.45, 2.75) is 26.9 Å². The summed E-state index contributed by atoms with van der Waals surface area (Å²) in [5.74, 6) is -0.859. The summed E-state index contributed by atoms with van der Waals surface area (Å²) in [7, 11) is 0. The van der Waals surface area contributed by atoms with Crippen molar-refractivity contribution in [1.82, 2.24) is 20.2 Å². The Morgan fingerprint density at radius 1 is 1.08 bits per heavy atom. The molecule has 132 valence electrons. The smallest absolute Gasteiger partial charge is 0.341 e. The van der Waals surface area contributed by atoms with Crippen LogP contribution in [0.4, 0.5) is 0 Å². The molecule has 1 aromatic heterocycles. The van der Waals surface area contributed by atoms with Gasteiger partial charge in [0, 0.05) is 5.56 Å². The molecule has 0 N–H and O–H groups in total. The summed E-state index contributed by atoms with van der Waals surface area (Å²) in [6, 6.07) is 12.2. The number of carbonyl (C=O) groups is 2. The van der Waals surface area contributed by atoms with Crippen LogP contribution in [0.1, 0.15) is 38.8 Å². The Bertz CT molecular complexity index is 951. The van der Waals surface area contributed by atoms with E-state index in [-0.39, 0.29) is 11.3 Å². The maximum Gasteiger partial charge on any atom is 0.341 e. The molecule has 7 heteroatoms. The highest BCUT2D eigenvalue weighted by Gasteiger charge is 2.22. The molecule has 26 heavy (non-hydrogen) atoms. The van der Waals surface area contributed by atoms with Crippen molar-refractivity contribution in [1.29, 1.82) is 0 Å². The molecule has 2 aromatic carbocycles. The van der Waals surface area contributed by atoms with Gasteiger partial charge < -0.3 is 4.74 Å². The van der Waals surface area contributed by atoms with Gasteiger partial charge in [-0.2, -0.15) is 4.68 Å². The van der Waals surface area contributed by atoms with Crippen molar-refractivity contribution in [3.8, 4) is 5.69 Å². The Morgan fingerprint density at radius 2 is 1.85 bits per heavy atom. The molecule has 0 saturated carbocycles. The SMILES string of the molecule is Cc1ccc(C(=O)[C@H](C)OC(=O)c2ccccc2-n2cnnn2)cc1C. The molecule has 0 saturated heterocycles. The predicted molar refractivity (Wildman–Crippen MR) is 94.3 cm³/mol. The summed E-state index contributed by atoms with van der Waals surface area (Å²) >= 11 is 0. The summed E-state index contributed by atoms with van der Waals surface area (Å²) in [6.45, 7) is 5.48. The lowest BCUT2D eigenvalue weighted by Crippen LogP contribution is -2.25. The molecule has 0 fully saturated rings. The lowest BCUT2D eigenvalue weighted by Gasteiger charge is -2.14. The highest BCUT2D eigenvalue weighted by Crippen LogP contribution is 2.17. The normalized spacial score (nSPS) is 11.8. The number of carbonyl (C=O) groups excluding carboxylic acids is 2. The summed E-state index contributed by atoms with van der Waals surface area (Å²) in [4.78, 5) is 25.1. The number of aromatic nitrogens is 4. The number of nitrogens with zero attached hydrogens (tertiary/aromatic N) is 4. The van der Waals surface area contributed by atoms with Crippen LogP contribution in [0.2, 0.25) is 0 Å². The lowest BCUT2D eigenvalue weighted by molar-refractivity contribution is 0.0318. The van der Waals surface area contributed by atoms with Gasteiger partial charge in [0.1, 0.15) is 6.33 Å². The molecule has 0 spiro atoms. The number of para-hydroxylation sites is 1. The maximum absolute atomic E-state index is 12.6. The zero-order valence-electron chi connectivity index (χ0n) is 14.7. The Labute approximate surface area is 150 Å². The van der Waals surface area contributed by atoms with Gasteiger partial charge in [0.15, 0.2) is 6.10 Å². The van der Waals surface area contributed by atoms with E-state index in [9.17, 15) is 9.59 Å². The second-order valence-electron chi connectivity index (χ2n) is 5.98. The number of esters is 1. The van der Waals surface area contributed by atoms with E-state index in [0.29, 0.717) is 11.3 Å². The first-order valence-corrected chi connectivity index (χ1v) is 8.12. The molecule has 0 unspecified atom stereocenters. The van der Waals surface area contributed by atoms with Crippen LogP contribution in [-0.2, 0) is 4.74 Å². The van der Waals surface area contributed by atoms with Gasteiger partial charge in [-0.05, 0) is 60.5 Å². The lowest BCUT2D eigenvalue weighted by atomic mass is 10.0. The molecule has 3 aromatic rings. The third-order valence-corrected chi connectivity index (χ3v) is 4.16. The largest absolute Gasteiger partial charge is 0.451 e. The molecule has 7 nitrogen and oxygen atoms in total. The van der Waals surface area contributed by atoms with Crippen LogP contribution in [0.5, 0.6) is 0 Å². The first kappa shape index (κ1) is 17.5. The van der Waals surface area contributed by atoms with Gasteiger partial charge in [0.05, 0.1) is 11.3 Å². The molecule has 0 amide bonds. The third kappa shape index (κ3) is 3.51. The van der Waals surface area contributed by atoms with Gasteiger partial charge >= 0.3 is 5.97 Å². The van der Waals surface area contributed by atoms with Crippen LogP contribution >= 0.6 is 0 Å². The van der Waals surface area contributed by atoms with Crippen molar-refractivity contribution in [2.75, 3.05) is 0 Å². The molecule has 1 heterocycles. The van der Waals surface area contributed by atoms with Crippen LogP contribution in [0, 0.1) is 13.8 Å². The molecule has 0 aliphatic heterocycles. The second-order valence-corrected chi connectivity index (χ2v) is 5.98. The van der Waals surface area contributed by atoms with Gasteiger partial charge in [-0.15, -0.1) is 5.10 Å². The number of aryl methyl sites for hydroxylation is 2. The fraction of sp³-hybridized carbons (Fsp3) is 0.211. The van der Waals surface area contributed by atoms with Crippen LogP contribution in [-0.4, -0.2) is 38.1 Å². The van der Waals surface area contributed by atoms with Crippen LogP contribution in [0.3, 0.4) is 0 Å². The first-order chi connectivity index (χ1) is 12.5. The minimum Gasteiger partial charge on any atom is -0.451 e. The van der Waals surface area contributed by atoms with Crippen LogP contribution < -0.4 is 0 Å². The number of rotatable bonds is 5. The highest BCUT2D eigenvalue weighted by atomic mass is 16.5. The zero-order chi connectivity index (χ0) is 18.7. The third-order valence-electron chi connectivity index (χ3n) is 4.16. The maximum atomic E-state index is 12.6.